The summed E-state index contributed by atoms with van der Waals surface area (Å²) in [6.07, 6.45) is 4.07. The van der Waals surface area contributed by atoms with Crippen LogP contribution >= 0.6 is 0 Å². The van der Waals surface area contributed by atoms with Crippen molar-refractivity contribution in [2.75, 3.05) is 37.6 Å². The van der Waals surface area contributed by atoms with Gasteiger partial charge in [-0.2, -0.15) is 0 Å². The number of piperidine rings is 1. The van der Waals surface area contributed by atoms with Gasteiger partial charge in [0.2, 0.25) is 0 Å². The summed E-state index contributed by atoms with van der Waals surface area (Å²) in [6, 6.07) is 3.98. The van der Waals surface area contributed by atoms with Gasteiger partial charge in [0.15, 0.2) is 5.88 Å². The number of aromatic nitrogens is 1. The Hall–Kier alpha value is -2.08. The summed E-state index contributed by atoms with van der Waals surface area (Å²) in [5.41, 5.74) is 1.15. The zero-order chi connectivity index (χ0) is 17.4. The lowest BCUT2D eigenvalue weighted by atomic mass is 9.97. The van der Waals surface area contributed by atoms with Crippen molar-refractivity contribution in [3.8, 4) is 0 Å². The smallest absolute Gasteiger partial charge is 0.270 e. The summed E-state index contributed by atoms with van der Waals surface area (Å²) in [4.78, 5) is 21.5. The van der Waals surface area contributed by atoms with Crippen molar-refractivity contribution >= 4 is 22.8 Å². The Bertz CT molecular complexity index is 756. The minimum Gasteiger partial charge on any atom is -0.440 e. The average Bonchev–Trinajstić information content (AvgIpc) is 3.18. The number of nitrogens with one attached hydrogen (secondary N) is 1. The second-order valence-electron chi connectivity index (χ2n) is 7.18. The van der Waals surface area contributed by atoms with Crippen LogP contribution in [0.5, 0.6) is 0 Å². The molecule has 2 aromatic heterocycles. The molecular formula is C19H26N4O2. The molecular weight excluding hydrogens is 316 g/mol. The van der Waals surface area contributed by atoms with Crippen molar-refractivity contribution in [3.05, 3.63) is 24.0 Å². The van der Waals surface area contributed by atoms with Crippen LogP contribution in [0.1, 0.15) is 37.2 Å². The Morgan fingerprint density at radius 1 is 1.36 bits per heavy atom. The third kappa shape index (κ3) is 3.23. The predicted molar refractivity (Wildman–Crippen MR) is 98.0 cm³/mol. The monoisotopic (exact) mass is 342 g/mol. The first-order chi connectivity index (χ1) is 12.2. The second kappa shape index (κ2) is 6.67. The van der Waals surface area contributed by atoms with E-state index in [1.54, 1.807) is 12.3 Å². The summed E-state index contributed by atoms with van der Waals surface area (Å²) in [5, 5.41) is 4.09. The first-order valence-electron chi connectivity index (χ1n) is 9.34. The molecule has 2 aromatic rings. The molecule has 1 amide bonds. The molecule has 0 spiro atoms. The van der Waals surface area contributed by atoms with Gasteiger partial charge in [0.1, 0.15) is 11.3 Å². The van der Waals surface area contributed by atoms with Crippen molar-refractivity contribution in [2.24, 2.45) is 5.92 Å². The molecule has 6 nitrogen and oxygen atoms in total. The SMILES string of the molecule is CCN(CC)c1cc2cnc(C(=O)N[C@@H]3C[C@@H]4CCN(C4)C3)cc2o1. The number of hydrogen-bond acceptors (Lipinski definition) is 5. The largest absolute Gasteiger partial charge is 0.440 e. The minimum absolute atomic E-state index is 0.102. The molecule has 3 atom stereocenters. The van der Waals surface area contributed by atoms with Crippen molar-refractivity contribution in [1.82, 2.24) is 15.2 Å². The van der Waals surface area contributed by atoms with Crippen LogP contribution in [0.2, 0.25) is 0 Å². The Labute approximate surface area is 148 Å². The molecule has 0 saturated carbocycles. The second-order valence-corrected chi connectivity index (χ2v) is 7.18. The highest BCUT2D eigenvalue weighted by Gasteiger charge is 2.33. The topological polar surface area (TPSA) is 61.6 Å². The number of anilines is 1. The van der Waals surface area contributed by atoms with E-state index in [4.69, 9.17) is 4.42 Å². The van der Waals surface area contributed by atoms with Crippen LogP contribution < -0.4 is 10.2 Å². The fourth-order valence-electron chi connectivity index (χ4n) is 4.16. The molecule has 2 bridgehead atoms. The lowest BCUT2D eigenvalue weighted by Crippen LogP contribution is -2.47. The number of fused-ring (bicyclic) bond motifs is 3. The van der Waals surface area contributed by atoms with Crippen LogP contribution in [0, 0.1) is 5.92 Å². The van der Waals surface area contributed by atoms with Crippen molar-refractivity contribution in [1.29, 1.82) is 0 Å². The number of hydrogen-bond donors (Lipinski definition) is 1. The number of nitrogens with zero attached hydrogens (tertiary/aromatic N) is 3. The van der Waals surface area contributed by atoms with Gasteiger partial charge >= 0.3 is 0 Å². The minimum atomic E-state index is -0.102. The van der Waals surface area contributed by atoms with E-state index < -0.39 is 0 Å². The summed E-state index contributed by atoms with van der Waals surface area (Å²) in [7, 11) is 0. The number of rotatable bonds is 5. The van der Waals surface area contributed by atoms with E-state index in [0.717, 1.165) is 48.8 Å². The number of furan rings is 1. The van der Waals surface area contributed by atoms with Gasteiger partial charge < -0.3 is 19.5 Å². The highest BCUT2D eigenvalue weighted by Crippen LogP contribution is 2.28. The summed E-state index contributed by atoms with van der Waals surface area (Å²) in [6.45, 7) is 9.28. The van der Waals surface area contributed by atoms with Gasteiger partial charge in [0.25, 0.3) is 5.91 Å². The van der Waals surface area contributed by atoms with Crippen molar-refractivity contribution in [2.45, 2.75) is 32.7 Å². The van der Waals surface area contributed by atoms with Crippen LogP contribution in [-0.4, -0.2) is 54.6 Å². The predicted octanol–water partition coefficient (Wildman–Crippen LogP) is 2.50. The first-order valence-corrected chi connectivity index (χ1v) is 9.34. The molecule has 2 aliphatic rings. The third-order valence-electron chi connectivity index (χ3n) is 5.50. The Morgan fingerprint density at radius 2 is 2.20 bits per heavy atom. The molecule has 6 heteroatoms. The molecule has 0 radical (unpaired) electrons. The van der Waals surface area contributed by atoms with E-state index in [2.05, 4.69) is 33.9 Å². The zero-order valence-electron chi connectivity index (χ0n) is 15.0. The van der Waals surface area contributed by atoms with E-state index in [-0.39, 0.29) is 11.9 Å². The molecule has 2 fully saturated rings. The van der Waals surface area contributed by atoms with Crippen LogP contribution in [0.15, 0.2) is 22.7 Å². The molecule has 25 heavy (non-hydrogen) atoms. The molecule has 2 aliphatic heterocycles. The van der Waals surface area contributed by atoms with E-state index in [1.165, 1.54) is 19.5 Å². The van der Waals surface area contributed by atoms with Crippen LogP contribution in [0.25, 0.3) is 11.0 Å². The van der Waals surface area contributed by atoms with Gasteiger partial charge in [-0.15, -0.1) is 0 Å². The van der Waals surface area contributed by atoms with Gasteiger partial charge in [0.05, 0.1) is 0 Å². The number of amides is 1. The fraction of sp³-hybridized carbons (Fsp3) is 0.579. The van der Waals surface area contributed by atoms with E-state index >= 15 is 0 Å². The standard InChI is InChI=1S/C19H26N4O2/c1-3-23(4-2)18-8-14-10-20-16(9-17(14)25-18)19(24)21-15-7-13-5-6-22(11-13)12-15/h8-10,13,15H,3-7,11-12H2,1-2H3,(H,21,24)/t13-,15+/m0/s1. The average molecular weight is 342 g/mol. The van der Waals surface area contributed by atoms with Crippen LogP contribution in [-0.2, 0) is 0 Å². The molecule has 0 aliphatic carbocycles. The Balaban J connectivity index is 1.49. The van der Waals surface area contributed by atoms with E-state index in [1.807, 2.05) is 6.07 Å². The van der Waals surface area contributed by atoms with Gasteiger partial charge in [-0.05, 0) is 39.2 Å². The van der Waals surface area contributed by atoms with Crippen molar-refractivity contribution < 1.29 is 9.21 Å². The van der Waals surface area contributed by atoms with Crippen LogP contribution in [0.3, 0.4) is 0 Å². The maximum atomic E-state index is 12.6. The molecule has 4 heterocycles. The van der Waals surface area contributed by atoms with E-state index in [9.17, 15) is 4.79 Å². The summed E-state index contributed by atoms with van der Waals surface area (Å²) >= 11 is 0. The third-order valence-corrected chi connectivity index (χ3v) is 5.50. The van der Waals surface area contributed by atoms with Gasteiger partial charge in [-0.25, -0.2) is 0 Å². The normalized spacial score (nSPS) is 25.3. The number of carbonyl (C=O) groups is 1. The maximum Gasteiger partial charge on any atom is 0.270 e. The van der Waals surface area contributed by atoms with Gasteiger partial charge in [-0.1, -0.05) is 0 Å². The fourth-order valence-corrected chi connectivity index (χ4v) is 4.16. The van der Waals surface area contributed by atoms with Crippen LogP contribution in [0.4, 0.5) is 5.88 Å². The van der Waals surface area contributed by atoms with Gasteiger partial charge in [0, 0.05) is 55.9 Å². The van der Waals surface area contributed by atoms with Crippen molar-refractivity contribution in [3.63, 3.8) is 0 Å². The Kier molecular flexibility index (Phi) is 4.37. The van der Waals surface area contributed by atoms with E-state index in [0.29, 0.717) is 5.69 Å². The highest BCUT2D eigenvalue weighted by molar-refractivity contribution is 5.95. The van der Waals surface area contributed by atoms with Gasteiger partial charge in [-0.3, -0.25) is 9.78 Å². The highest BCUT2D eigenvalue weighted by atomic mass is 16.4. The lowest BCUT2D eigenvalue weighted by Gasteiger charge is -2.30. The quantitative estimate of drug-likeness (QED) is 0.905. The Morgan fingerprint density at radius 3 is 2.96 bits per heavy atom. The first kappa shape index (κ1) is 16.4. The summed E-state index contributed by atoms with van der Waals surface area (Å²) < 4.78 is 5.93. The zero-order valence-corrected chi connectivity index (χ0v) is 15.0. The summed E-state index contributed by atoms with van der Waals surface area (Å²) in [5.74, 6) is 1.46. The molecule has 1 N–H and O–H groups in total. The molecule has 0 aromatic carbocycles. The number of pyridine rings is 1. The lowest BCUT2D eigenvalue weighted by molar-refractivity contribution is 0.0904. The maximum absolute atomic E-state index is 12.6. The molecule has 4 rings (SSSR count). The molecule has 1 unspecified atom stereocenters. The molecule has 2 saturated heterocycles. The molecule has 134 valence electrons. The number of carbonyl (C=O) groups excluding carboxylic acids is 1.